The van der Waals surface area contributed by atoms with Crippen molar-refractivity contribution in [2.45, 2.75) is 13.1 Å². The third kappa shape index (κ3) is 6.82. The summed E-state index contributed by atoms with van der Waals surface area (Å²) in [5.74, 6) is -1.38. The van der Waals surface area contributed by atoms with Gasteiger partial charge in [-0.05, 0) is 36.8 Å². The topological polar surface area (TPSA) is 61.9 Å². The van der Waals surface area contributed by atoms with E-state index in [2.05, 4.69) is 10.2 Å². The molecule has 0 spiro atoms. The third-order valence-corrected chi connectivity index (χ3v) is 5.21. The van der Waals surface area contributed by atoms with Crippen LogP contribution < -0.4 is 10.2 Å². The largest absolute Gasteiger partial charge is 0.417 e. The SMILES string of the molecule is CCN(CC(=O)Nc1ccc(N2CCOCC2)cc1)C(=O)/C=C(/c1ccccc1)C(F)(F)F. The van der Waals surface area contributed by atoms with Gasteiger partial charge in [-0.25, -0.2) is 0 Å². The van der Waals surface area contributed by atoms with Crippen LogP contribution in [-0.4, -0.2) is 62.3 Å². The molecule has 3 rings (SSSR count). The highest BCUT2D eigenvalue weighted by Crippen LogP contribution is 2.33. The number of hydrogen-bond donors (Lipinski definition) is 1. The molecule has 1 N–H and O–H groups in total. The van der Waals surface area contributed by atoms with Crippen LogP contribution in [0.2, 0.25) is 0 Å². The van der Waals surface area contributed by atoms with Crippen LogP contribution in [0.1, 0.15) is 12.5 Å². The van der Waals surface area contributed by atoms with E-state index in [1.807, 2.05) is 12.1 Å². The highest BCUT2D eigenvalue weighted by Gasteiger charge is 2.35. The lowest BCUT2D eigenvalue weighted by atomic mass is 10.0. The minimum Gasteiger partial charge on any atom is -0.378 e. The van der Waals surface area contributed by atoms with E-state index in [9.17, 15) is 22.8 Å². The van der Waals surface area contributed by atoms with E-state index in [1.165, 1.54) is 24.3 Å². The molecule has 6 nitrogen and oxygen atoms in total. The fourth-order valence-corrected chi connectivity index (χ4v) is 3.46. The highest BCUT2D eigenvalue weighted by molar-refractivity contribution is 6.00. The van der Waals surface area contributed by atoms with Gasteiger partial charge in [0.15, 0.2) is 0 Å². The number of nitrogens with zero attached hydrogens (tertiary/aromatic N) is 2. The summed E-state index contributed by atoms with van der Waals surface area (Å²) in [6.07, 6.45) is -4.16. The van der Waals surface area contributed by atoms with Crippen LogP contribution in [0.4, 0.5) is 24.5 Å². The van der Waals surface area contributed by atoms with Crippen LogP contribution in [0, 0.1) is 0 Å². The fourth-order valence-electron chi connectivity index (χ4n) is 3.46. The number of carbonyl (C=O) groups is 2. The Morgan fingerprint density at radius 3 is 2.27 bits per heavy atom. The summed E-state index contributed by atoms with van der Waals surface area (Å²) in [5, 5.41) is 2.69. The van der Waals surface area contributed by atoms with Crippen LogP contribution in [0.25, 0.3) is 5.57 Å². The van der Waals surface area contributed by atoms with Gasteiger partial charge in [-0.3, -0.25) is 9.59 Å². The molecule has 0 saturated carbocycles. The first-order chi connectivity index (χ1) is 15.8. The summed E-state index contributed by atoms with van der Waals surface area (Å²) in [5.41, 5.74) is 0.383. The van der Waals surface area contributed by atoms with Gasteiger partial charge in [0.05, 0.1) is 18.8 Å². The molecule has 0 aliphatic carbocycles. The van der Waals surface area contributed by atoms with Crippen molar-refractivity contribution in [3.8, 4) is 0 Å². The van der Waals surface area contributed by atoms with Gasteiger partial charge >= 0.3 is 6.18 Å². The third-order valence-electron chi connectivity index (χ3n) is 5.21. The number of carbonyl (C=O) groups excluding carboxylic acids is 2. The summed E-state index contributed by atoms with van der Waals surface area (Å²) in [6, 6.07) is 14.4. The Balaban J connectivity index is 1.65. The van der Waals surface area contributed by atoms with E-state index in [4.69, 9.17) is 4.74 Å². The predicted molar refractivity (Wildman–Crippen MR) is 121 cm³/mol. The zero-order valence-electron chi connectivity index (χ0n) is 18.3. The molecule has 0 radical (unpaired) electrons. The number of ether oxygens (including phenoxy) is 1. The molecule has 9 heteroatoms. The molecule has 0 atom stereocenters. The maximum atomic E-state index is 13.5. The summed E-state index contributed by atoms with van der Waals surface area (Å²) in [6.45, 7) is 4.22. The minimum absolute atomic E-state index is 0.0820. The van der Waals surface area contributed by atoms with Gasteiger partial charge in [-0.15, -0.1) is 0 Å². The molecule has 0 aromatic heterocycles. The van der Waals surface area contributed by atoms with Crippen LogP contribution in [0.5, 0.6) is 0 Å². The first-order valence-electron chi connectivity index (χ1n) is 10.6. The van der Waals surface area contributed by atoms with E-state index in [1.54, 1.807) is 25.1 Å². The van der Waals surface area contributed by atoms with E-state index in [0.717, 1.165) is 23.7 Å². The number of likely N-dealkylation sites (N-methyl/N-ethyl adjacent to an activating group) is 1. The standard InChI is InChI=1S/C24H26F3N3O3/c1-2-29(23(32)16-21(24(25,26)27)18-6-4-3-5-7-18)17-22(31)28-19-8-10-20(11-9-19)30-12-14-33-15-13-30/h3-11,16H,2,12-15,17H2,1H3,(H,28,31)/b21-16-. The molecule has 0 unspecified atom stereocenters. The second kappa shape index (κ2) is 11.0. The quantitative estimate of drug-likeness (QED) is 0.635. The summed E-state index contributed by atoms with van der Waals surface area (Å²) >= 11 is 0. The van der Waals surface area contributed by atoms with Crippen molar-refractivity contribution in [1.82, 2.24) is 4.90 Å². The van der Waals surface area contributed by atoms with Crippen LogP contribution in [-0.2, 0) is 14.3 Å². The molecule has 33 heavy (non-hydrogen) atoms. The lowest BCUT2D eigenvalue weighted by molar-refractivity contribution is -0.130. The van der Waals surface area contributed by atoms with Gasteiger partial charge in [-0.1, -0.05) is 30.3 Å². The number of anilines is 2. The average molecular weight is 461 g/mol. The van der Waals surface area contributed by atoms with Crippen LogP contribution in [0.3, 0.4) is 0 Å². The van der Waals surface area contributed by atoms with Crippen molar-refractivity contribution < 1.29 is 27.5 Å². The molecular weight excluding hydrogens is 435 g/mol. The van der Waals surface area contributed by atoms with Gasteiger partial charge in [0.2, 0.25) is 11.8 Å². The molecule has 1 aliphatic heterocycles. The number of allylic oxidation sites excluding steroid dienone is 1. The first kappa shape index (κ1) is 24.3. The van der Waals surface area contributed by atoms with Gasteiger partial charge < -0.3 is 19.9 Å². The van der Waals surface area contributed by atoms with Gasteiger partial charge in [0, 0.05) is 37.1 Å². The van der Waals surface area contributed by atoms with E-state index in [0.29, 0.717) is 25.0 Å². The summed E-state index contributed by atoms with van der Waals surface area (Å²) in [7, 11) is 0. The number of halogens is 3. The summed E-state index contributed by atoms with van der Waals surface area (Å²) in [4.78, 5) is 28.2. The maximum Gasteiger partial charge on any atom is 0.417 e. The van der Waals surface area contributed by atoms with Gasteiger partial charge in [0.1, 0.15) is 6.54 Å². The Morgan fingerprint density at radius 2 is 1.70 bits per heavy atom. The highest BCUT2D eigenvalue weighted by atomic mass is 19.4. The second-order valence-electron chi connectivity index (χ2n) is 7.47. The molecule has 1 fully saturated rings. The first-order valence-corrected chi connectivity index (χ1v) is 10.6. The van der Waals surface area contributed by atoms with Crippen molar-refractivity contribution in [3.63, 3.8) is 0 Å². The molecule has 2 amide bonds. The van der Waals surface area contributed by atoms with Crippen LogP contribution in [0.15, 0.2) is 60.7 Å². The Labute approximate surface area is 190 Å². The zero-order valence-corrected chi connectivity index (χ0v) is 18.3. The Morgan fingerprint density at radius 1 is 1.06 bits per heavy atom. The number of rotatable bonds is 7. The molecule has 2 aromatic carbocycles. The molecule has 0 bridgehead atoms. The van der Waals surface area contributed by atoms with E-state index in [-0.39, 0.29) is 18.7 Å². The molecule has 1 saturated heterocycles. The summed E-state index contributed by atoms with van der Waals surface area (Å²) < 4.78 is 45.9. The average Bonchev–Trinajstić information content (AvgIpc) is 2.81. The number of morpholine rings is 1. The normalized spacial score (nSPS) is 14.7. The van der Waals surface area contributed by atoms with Crippen molar-refractivity contribution in [2.75, 3.05) is 49.6 Å². The molecule has 1 aliphatic rings. The van der Waals surface area contributed by atoms with Crippen molar-refractivity contribution in [2.24, 2.45) is 0 Å². The van der Waals surface area contributed by atoms with Gasteiger partial charge in [0.25, 0.3) is 0 Å². The Kier molecular flexibility index (Phi) is 8.11. The molecule has 2 aromatic rings. The number of hydrogen-bond acceptors (Lipinski definition) is 4. The maximum absolute atomic E-state index is 13.5. The zero-order chi connectivity index (χ0) is 23.8. The lowest BCUT2D eigenvalue weighted by Gasteiger charge is -2.29. The van der Waals surface area contributed by atoms with Crippen molar-refractivity contribution in [1.29, 1.82) is 0 Å². The molecule has 1 heterocycles. The monoisotopic (exact) mass is 461 g/mol. The lowest BCUT2D eigenvalue weighted by Crippen LogP contribution is -2.37. The number of nitrogens with one attached hydrogen (secondary N) is 1. The van der Waals surface area contributed by atoms with Crippen molar-refractivity contribution in [3.05, 3.63) is 66.2 Å². The Hall–Kier alpha value is -3.33. The number of alkyl halides is 3. The molecule has 176 valence electrons. The number of benzene rings is 2. The van der Waals surface area contributed by atoms with Crippen molar-refractivity contribution >= 4 is 28.8 Å². The smallest absolute Gasteiger partial charge is 0.378 e. The van der Waals surface area contributed by atoms with Gasteiger partial charge in [-0.2, -0.15) is 13.2 Å². The minimum atomic E-state index is -4.71. The second-order valence-corrected chi connectivity index (χ2v) is 7.47. The predicted octanol–water partition coefficient (Wildman–Crippen LogP) is 3.96. The fraction of sp³-hybridized carbons (Fsp3) is 0.333. The van der Waals surface area contributed by atoms with Crippen LogP contribution >= 0.6 is 0 Å². The van der Waals surface area contributed by atoms with E-state index < -0.39 is 23.6 Å². The Bertz CT molecular complexity index is 970. The molecular formula is C24H26F3N3O3. The number of amides is 2. The van der Waals surface area contributed by atoms with E-state index >= 15 is 0 Å².